The highest BCUT2D eigenvalue weighted by Gasteiger charge is 2.09. The van der Waals surface area contributed by atoms with Crippen molar-refractivity contribution in [3.05, 3.63) is 111 Å². The molecule has 154 valence electrons. The fourth-order valence-corrected chi connectivity index (χ4v) is 3.56. The van der Waals surface area contributed by atoms with Crippen molar-refractivity contribution in [1.29, 1.82) is 0 Å². The summed E-state index contributed by atoms with van der Waals surface area (Å²) in [4.78, 5) is 12.4. The van der Waals surface area contributed by atoms with E-state index in [4.69, 9.17) is 4.74 Å². The van der Waals surface area contributed by atoms with Crippen LogP contribution < -0.4 is 10.2 Å². The maximum atomic E-state index is 12.4. The van der Waals surface area contributed by atoms with E-state index in [1.54, 1.807) is 18.3 Å². The van der Waals surface area contributed by atoms with Gasteiger partial charge in [-0.15, -0.1) is 0 Å². The minimum Gasteiger partial charge on any atom is -0.488 e. The van der Waals surface area contributed by atoms with Gasteiger partial charge >= 0.3 is 0 Å². The molecule has 4 rings (SSSR count). The minimum atomic E-state index is -0.255. The van der Waals surface area contributed by atoms with Gasteiger partial charge in [0, 0.05) is 14.7 Å². The largest absolute Gasteiger partial charge is 0.488 e. The fraction of sp³-hybridized carbons (Fsp3) is 0.0769. The number of carbonyl (C=O) groups excluding carboxylic acids is 1. The first kappa shape index (κ1) is 21.1. The van der Waals surface area contributed by atoms with Crippen LogP contribution in [0.5, 0.6) is 5.75 Å². The second kappa shape index (κ2) is 9.75. The van der Waals surface area contributed by atoms with Gasteiger partial charge in [0.1, 0.15) is 12.4 Å². The molecule has 0 aliphatic rings. The van der Waals surface area contributed by atoms with Gasteiger partial charge in [0.25, 0.3) is 5.91 Å². The summed E-state index contributed by atoms with van der Waals surface area (Å²) in [7, 11) is 0. The van der Waals surface area contributed by atoms with Crippen molar-refractivity contribution in [2.24, 2.45) is 5.10 Å². The van der Waals surface area contributed by atoms with E-state index < -0.39 is 0 Å². The molecule has 1 N–H and O–H groups in total. The number of nitrogens with one attached hydrogen (secondary N) is 1. The molecule has 4 aromatic rings. The van der Waals surface area contributed by atoms with Gasteiger partial charge in [-0.1, -0.05) is 60.2 Å². The average Bonchev–Trinajstić information content (AvgIpc) is 2.79. The lowest BCUT2D eigenvalue weighted by molar-refractivity contribution is 0.0955. The van der Waals surface area contributed by atoms with Crippen molar-refractivity contribution in [2.45, 2.75) is 13.5 Å². The minimum absolute atomic E-state index is 0.255. The maximum absolute atomic E-state index is 12.4. The summed E-state index contributed by atoms with van der Waals surface area (Å²) >= 11 is 2.21. The number of ether oxygens (including phenoxy) is 1. The molecular formula is C26H21IN2O2. The Morgan fingerprint density at radius 3 is 2.48 bits per heavy atom. The van der Waals surface area contributed by atoms with E-state index in [9.17, 15) is 4.79 Å². The zero-order valence-corrected chi connectivity index (χ0v) is 19.2. The van der Waals surface area contributed by atoms with Crippen LogP contribution in [0, 0.1) is 10.5 Å². The number of halogens is 1. The Balaban J connectivity index is 1.57. The SMILES string of the molecule is Cc1ccc(COc2ccc3ccccc3c2/C=N\NC(=O)c2ccc(I)cc2)cc1. The number of rotatable bonds is 6. The Kier molecular flexibility index (Phi) is 6.62. The summed E-state index contributed by atoms with van der Waals surface area (Å²) in [5.74, 6) is 0.460. The molecule has 0 heterocycles. The van der Waals surface area contributed by atoms with Crippen molar-refractivity contribution in [1.82, 2.24) is 5.43 Å². The predicted octanol–water partition coefficient (Wildman–Crippen LogP) is 6.10. The normalized spacial score (nSPS) is 11.0. The third kappa shape index (κ3) is 5.30. The number of amides is 1. The van der Waals surface area contributed by atoms with Crippen molar-refractivity contribution >= 4 is 45.5 Å². The number of nitrogens with zero attached hydrogens (tertiary/aromatic N) is 1. The molecule has 0 spiro atoms. The van der Waals surface area contributed by atoms with Crippen LogP contribution in [0.2, 0.25) is 0 Å². The van der Waals surface area contributed by atoms with Crippen molar-refractivity contribution in [3.8, 4) is 5.75 Å². The zero-order chi connectivity index (χ0) is 21.6. The summed E-state index contributed by atoms with van der Waals surface area (Å²) in [5, 5.41) is 6.30. The van der Waals surface area contributed by atoms with Gasteiger partial charge in [-0.25, -0.2) is 5.43 Å². The molecule has 1 amide bonds. The van der Waals surface area contributed by atoms with E-state index in [-0.39, 0.29) is 5.91 Å². The molecule has 0 aliphatic carbocycles. The molecular weight excluding hydrogens is 499 g/mol. The second-order valence-electron chi connectivity index (χ2n) is 7.18. The molecule has 0 unspecified atom stereocenters. The van der Waals surface area contributed by atoms with Gasteiger partial charge in [-0.3, -0.25) is 4.79 Å². The van der Waals surface area contributed by atoms with Crippen LogP contribution >= 0.6 is 22.6 Å². The molecule has 0 radical (unpaired) electrons. The Bertz CT molecular complexity index is 1230. The smallest absolute Gasteiger partial charge is 0.271 e. The second-order valence-corrected chi connectivity index (χ2v) is 8.42. The number of carbonyl (C=O) groups is 1. The van der Waals surface area contributed by atoms with Crippen molar-refractivity contribution in [3.63, 3.8) is 0 Å². The number of hydrogen-bond acceptors (Lipinski definition) is 3. The number of aryl methyl sites for hydroxylation is 1. The first-order chi connectivity index (χ1) is 15.1. The monoisotopic (exact) mass is 520 g/mol. The highest BCUT2D eigenvalue weighted by Crippen LogP contribution is 2.27. The van der Waals surface area contributed by atoms with Gasteiger partial charge in [0.05, 0.1) is 6.21 Å². The molecule has 0 fully saturated rings. The number of fused-ring (bicyclic) bond motifs is 1. The van der Waals surface area contributed by atoms with Gasteiger partial charge in [-0.2, -0.15) is 5.10 Å². The van der Waals surface area contributed by atoms with E-state index in [1.165, 1.54) is 5.56 Å². The van der Waals surface area contributed by atoms with Crippen LogP contribution in [-0.4, -0.2) is 12.1 Å². The summed E-state index contributed by atoms with van der Waals surface area (Å²) in [6.07, 6.45) is 1.65. The van der Waals surface area contributed by atoms with E-state index >= 15 is 0 Å². The predicted molar refractivity (Wildman–Crippen MR) is 134 cm³/mol. The number of benzene rings is 4. The number of hydrazone groups is 1. The molecule has 0 aromatic heterocycles. The zero-order valence-electron chi connectivity index (χ0n) is 17.0. The lowest BCUT2D eigenvalue weighted by Gasteiger charge is -2.12. The first-order valence-electron chi connectivity index (χ1n) is 9.89. The molecule has 0 saturated carbocycles. The Labute approximate surface area is 195 Å². The van der Waals surface area contributed by atoms with Crippen LogP contribution in [0.25, 0.3) is 10.8 Å². The van der Waals surface area contributed by atoms with Gasteiger partial charge in [-0.05, 0) is 76.2 Å². The van der Waals surface area contributed by atoms with E-state index in [0.717, 1.165) is 25.5 Å². The molecule has 0 atom stereocenters. The lowest BCUT2D eigenvalue weighted by Crippen LogP contribution is -2.17. The fourth-order valence-electron chi connectivity index (χ4n) is 3.20. The van der Waals surface area contributed by atoms with Gasteiger partial charge in [0.2, 0.25) is 0 Å². The van der Waals surface area contributed by atoms with E-state index in [1.807, 2.05) is 48.5 Å². The first-order valence-corrected chi connectivity index (χ1v) is 11.0. The van der Waals surface area contributed by atoms with Crippen molar-refractivity contribution < 1.29 is 9.53 Å². The average molecular weight is 520 g/mol. The van der Waals surface area contributed by atoms with Crippen LogP contribution in [0.3, 0.4) is 0 Å². The molecule has 0 aliphatic heterocycles. The maximum Gasteiger partial charge on any atom is 0.271 e. The van der Waals surface area contributed by atoms with Gasteiger partial charge in [0.15, 0.2) is 0 Å². The standard InChI is InChI=1S/C26H21IN2O2/c1-18-6-8-19(9-7-18)17-31-25-15-12-20-4-2-3-5-23(20)24(25)16-28-29-26(30)21-10-13-22(27)14-11-21/h2-16H,17H2,1H3,(H,29,30)/b28-16-. The van der Waals surface area contributed by atoms with Crippen LogP contribution in [-0.2, 0) is 6.61 Å². The van der Waals surface area contributed by atoms with Crippen LogP contribution in [0.1, 0.15) is 27.0 Å². The highest BCUT2D eigenvalue weighted by atomic mass is 127. The molecule has 0 saturated heterocycles. The topological polar surface area (TPSA) is 50.7 Å². The Morgan fingerprint density at radius 2 is 1.71 bits per heavy atom. The van der Waals surface area contributed by atoms with Crippen molar-refractivity contribution in [2.75, 3.05) is 0 Å². The molecule has 31 heavy (non-hydrogen) atoms. The van der Waals surface area contributed by atoms with E-state index in [2.05, 4.69) is 64.3 Å². The Morgan fingerprint density at radius 1 is 0.968 bits per heavy atom. The highest BCUT2D eigenvalue weighted by molar-refractivity contribution is 14.1. The molecule has 5 heteroatoms. The summed E-state index contributed by atoms with van der Waals surface area (Å²) in [6, 6.07) is 27.6. The third-order valence-corrected chi connectivity index (χ3v) is 5.63. The third-order valence-electron chi connectivity index (χ3n) is 4.91. The summed E-state index contributed by atoms with van der Waals surface area (Å²) in [6.45, 7) is 2.52. The number of hydrogen-bond donors (Lipinski definition) is 1. The molecule has 4 nitrogen and oxygen atoms in total. The summed E-state index contributed by atoms with van der Waals surface area (Å²) < 4.78 is 7.19. The van der Waals surface area contributed by atoms with Crippen LogP contribution in [0.15, 0.2) is 90.0 Å². The van der Waals surface area contributed by atoms with Crippen LogP contribution in [0.4, 0.5) is 0 Å². The molecule has 0 bridgehead atoms. The van der Waals surface area contributed by atoms with E-state index in [0.29, 0.717) is 17.9 Å². The lowest BCUT2D eigenvalue weighted by atomic mass is 10.0. The quantitative estimate of drug-likeness (QED) is 0.190. The van der Waals surface area contributed by atoms with Gasteiger partial charge < -0.3 is 4.74 Å². The Hall–Kier alpha value is -3.19. The summed E-state index contributed by atoms with van der Waals surface area (Å²) in [5.41, 5.74) is 6.31. The molecule has 4 aromatic carbocycles.